The number of fused-ring (bicyclic) bond motifs is 1. The van der Waals surface area contributed by atoms with Crippen LogP contribution in [-0.2, 0) is 12.8 Å². The molecule has 1 nitrogen and oxygen atoms in total. The van der Waals surface area contributed by atoms with E-state index in [9.17, 15) is 0 Å². The van der Waals surface area contributed by atoms with Gasteiger partial charge in [0.25, 0.3) is 0 Å². The molecule has 2 aliphatic carbocycles. The van der Waals surface area contributed by atoms with Gasteiger partial charge < -0.3 is 5.32 Å². The summed E-state index contributed by atoms with van der Waals surface area (Å²) in [6.45, 7) is 4.53. The Morgan fingerprint density at radius 3 is 2.29 bits per heavy atom. The van der Waals surface area contributed by atoms with Gasteiger partial charge in [-0.2, -0.15) is 0 Å². The first-order chi connectivity index (χ1) is 9.69. The van der Waals surface area contributed by atoms with Gasteiger partial charge >= 0.3 is 0 Å². The van der Waals surface area contributed by atoms with Crippen molar-refractivity contribution >= 4 is 0 Å². The highest BCUT2D eigenvalue weighted by Gasteiger charge is 2.16. The second-order valence-electron chi connectivity index (χ2n) is 6.74. The van der Waals surface area contributed by atoms with Gasteiger partial charge in [0.15, 0.2) is 0 Å². The van der Waals surface area contributed by atoms with Crippen LogP contribution in [0.15, 0.2) is 18.2 Å². The van der Waals surface area contributed by atoms with E-state index in [2.05, 4.69) is 44.4 Å². The second-order valence-corrected chi connectivity index (χ2v) is 6.74. The molecular weight excluding hydrogens is 254 g/mol. The Morgan fingerprint density at radius 2 is 1.71 bits per heavy atom. The van der Waals surface area contributed by atoms with Crippen LogP contribution >= 0.6 is 0 Å². The van der Waals surface area contributed by atoms with Crippen LogP contribution in [0.25, 0.3) is 0 Å². The number of benzene rings is 1. The molecule has 3 rings (SSSR count). The molecule has 1 aromatic carbocycles. The van der Waals surface area contributed by atoms with E-state index in [-0.39, 0.29) is 7.43 Å². The molecule has 0 bridgehead atoms. The maximum Gasteiger partial charge on any atom is 0.0108 e. The van der Waals surface area contributed by atoms with Crippen molar-refractivity contribution in [1.29, 1.82) is 0 Å². The predicted molar refractivity (Wildman–Crippen MR) is 95.0 cm³/mol. The fraction of sp³-hybridized carbons (Fsp3) is 0.700. The SMILES string of the molecule is C.CC1CCCCC1.CNC1CCc2cc(C)ccc2C1. The average Bonchev–Trinajstić information content (AvgIpc) is 2.48. The zero-order chi connectivity index (χ0) is 14.4. The molecule has 1 atom stereocenters. The third-order valence-corrected chi connectivity index (χ3v) is 4.89. The monoisotopic (exact) mass is 289 g/mol. The van der Waals surface area contributed by atoms with E-state index in [0.29, 0.717) is 6.04 Å². The van der Waals surface area contributed by atoms with Crippen molar-refractivity contribution in [1.82, 2.24) is 5.32 Å². The Labute approximate surface area is 132 Å². The van der Waals surface area contributed by atoms with Crippen LogP contribution in [0.5, 0.6) is 0 Å². The van der Waals surface area contributed by atoms with E-state index in [1.54, 1.807) is 5.56 Å². The van der Waals surface area contributed by atoms with Crippen molar-refractivity contribution in [2.24, 2.45) is 5.92 Å². The van der Waals surface area contributed by atoms with Crippen molar-refractivity contribution in [3.8, 4) is 0 Å². The highest BCUT2D eigenvalue weighted by molar-refractivity contribution is 5.34. The quantitative estimate of drug-likeness (QED) is 0.740. The Kier molecular flexibility index (Phi) is 8.03. The largest absolute Gasteiger partial charge is 0.317 e. The van der Waals surface area contributed by atoms with Crippen molar-refractivity contribution in [2.45, 2.75) is 78.7 Å². The summed E-state index contributed by atoms with van der Waals surface area (Å²) in [7, 11) is 2.06. The summed E-state index contributed by atoms with van der Waals surface area (Å²) in [5, 5.41) is 3.36. The van der Waals surface area contributed by atoms with Gasteiger partial charge in [-0.05, 0) is 50.3 Å². The topological polar surface area (TPSA) is 12.0 Å². The molecule has 0 heterocycles. The minimum Gasteiger partial charge on any atom is -0.317 e. The summed E-state index contributed by atoms with van der Waals surface area (Å²) in [5.74, 6) is 1.04. The van der Waals surface area contributed by atoms with Crippen LogP contribution in [0.3, 0.4) is 0 Å². The van der Waals surface area contributed by atoms with Gasteiger partial charge in [0.05, 0.1) is 0 Å². The van der Waals surface area contributed by atoms with Crippen LogP contribution in [0, 0.1) is 12.8 Å². The number of rotatable bonds is 1. The minimum atomic E-state index is 0. The van der Waals surface area contributed by atoms with E-state index in [1.165, 1.54) is 62.5 Å². The van der Waals surface area contributed by atoms with Crippen molar-refractivity contribution in [3.63, 3.8) is 0 Å². The van der Waals surface area contributed by atoms with Gasteiger partial charge in [-0.1, -0.05) is 70.2 Å². The summed E-state index contributed by atoms with van der Waals surface area (Å²) < 4.78 is 0. The molecular formula is C20H35N. The summed E-state index contributed by atoms with van der Waals surface area (Å²) in [4.78, 5) is 0. The van der Waals surface area contributed by atoms with E-state index < -0.39 is 0 Å². The van der Waals surface area contributed by atoms with Gasteiger partial charge in [0.2, 0.25) is 0 Å². The van der Waals surface area contributed by atoms with Gasteiger partial charge in [0, 0.05) is 6.04 Å². The van der Waals surface area contributed by atoms with Gasteiger partial charge in [-0.3, -0.25) is 0 Å². The summed E-state index contributed by atoms with van der Waals surface area (Å²) in [6, 6.07) is 7.53. The van der Waals surface area contributed by atoms with Gasteiger partial charge in [0.1, 0.15) is 0 Å². The number of aryl methyl sites for hydroxylation is 2. The molecule has 21 heavy (non-hydrogen) atoms. The standard InChI is InChI=1S/C12H17N.C7H14.CH4/c1-9-3-4-11-8-12(13-2)6-5-10(11)7-9;1-7-5-3-2-4-6-7;/h3-4,7,12-13H,5-6,8H2,1-2H3;7H,2-6H2,1H3;1H4. The molecule has 1 saturated carbocycles. The van der Waals surface area contributed by atoms with Gasteiger partial charge in [-0.25, -0.2) is 0 Å². The van der Waals surface area contributed by atoms with Crippen molar-refractivity contribution in [3.05, 3.63) is 34.9 Å². The minimum absolute atomic E-state index is 0. The Hall–Kier alpha value is -0.820. The van der Waals surface area contributed by atoms with E-state index >= 15 is 0 Å². The van der Waals surface area contributed by atoms with Crippen LogP contribution < -0.4 is 5.32 Å². The smallest absolute Gasteiger partial charge is 0.0108 e. The number of hydrogen-bond acceptors (Lipinski definition) is 1. The van der Waals surface area contributed by atoms with Crippen molar-refractivity contribution < 1.29 is 0 Å². The molecule has 0 amide bonds. The lowest BCUT2D eigenvalue weighted by atomic mass is 9.87. The first-order valence-electron chi connectivity index (χ1n) is 8.44. The lowest BCUT2D eigenvalue weighted by Crippen LogP contribution is -2.31. The second kappa shape index (κ2) is 9.25. The predicted octanol–water partition coefficient (Wildman–Crippen LogP) is 5.29. The Bertz CT molecular complexity index is 404. The molecule has 1 fully saturated rings. The molecule has 1 aromatic rings. The Morgan fingerprint density at radius 1 is 1.00 bits per heavy atom. The normalized spacial score (nSPS) is 21.6. The fourth-order valence-corrected chi connectivity index (χ4v) is 3.44. The van der Waals surface area contributed by atoms with Crippen LogP contribution in [0.1, 0.15) is 69.6 Å². The van der Waals surface area contributed by atoms with E-state index in [1.807, 2.05) is 0 Å². The third kappa shape index (κ3) is 5.82. The summed E-state index contributed by atoms with van der Waals surface area (Å²) in [5.41, 5.74) is 4.49. The molecule has 120 valence electrons. The van der Waals surface area contributed by atoms with Gasteiger partial charge in [-0.15, -0.1) is 0 Å². The number of likely N-dealkylation sites (N-methyl/N-ethyl adjacent to an activating group) is 1. The molecule has 1 unspecified atom stereocenters. The maximum atomic E-state index is 3.36. The van der Waals surface area contributed by atoms with E-state index in [0.717, 1.165) is 5.92 Å². The van der Waals surface area contributed by atoms with Crippen LogP contribution in [0.4, 0.5) is 0 Å². The molecule has 0 radical (unpaired) electrons. The lowest BCUT2D eigenvalue weighted by Gasteiger charge is -2.24. The molecule has 0 aromatic heterocycles. The highest BCUT2D eigenvalue weighted by atomic mass is 14.9. The van der Waals surface area contributed by atoms with Crippen LogP contribution in [-0.4, -0.2) is 13.1 Å². The molecule has 1 heteroatoms. The molecule has 1 N–H and O–H groups in total. The molecule has 0 spiro atoms. The summed E-state index contributed by atoms with van der Waals surface area (Å²) in [6.07, 6.45) is 11.2. The van der Waals surface area contributed by atoms with Crippen LogP contribution in [0.2, 0.25) is 0 Å². The zero-order valence-corrected chi connectivity index (χ0v) is 13.5. The third-order valence-electron chi connectivity index (χ3n) is 4.89. The summed E-state index contributed by atoms with van der Waals surface area (Å²) >= 11 is 0. The first kappa shape index (κ1) is 18.2. The maximum absolute atomic E-state index is 3.36. The Balaban J connectivity index is 0.000000236. The zero-order valence-electron chi connectivity index (χ0n) is 13.5. The lowest BCUT2D eigenvalue weighted by molar-refractivity contribution is 0.385. The van der Waals surface area contributed by atoms with Crippen molar-refractivity contribution in [2.75, 3.05) is 7.05 Å². The molecule has 0 aliphatic heterocycles. The molecule has 2 aliphatic rings. The molecule has 0 saturated heterocycles. The van der Waals surface area contributed by atoms with E-state index in [4.69, 9.17) is 0 Å². The highest BCUT2D eigenvalue weighted by Crippen LogP contribution is 2.22. The average molecular weight is 290 g/mol. The number of nitrogens with one attached hydrogen (secondary N) is 1. The fourth-order valence-electron chi connectivity index (χ4n) is 3.44. The number of hydrogen-bond donors (Lipinski definition) is 1. The first-order valence-corrected chi connectivity index (χ1v) is 8.44.